The van der Waals surface area contributed by atoms with Crippen molar-refractivity contribution in [3.63, 3.8) is 0 Å². The Morgan fingerprint density at radius 3 is 2.69 bits per heavy atom. The van der Waals surface area contributed by atoms with E-state index in [1.165, 1.54) is 10.8 Å². The second-order valence-electron chi connectivity index (χ2n) is 4.09. The molecule has 0 radical (unpaired) electrons. The summed E-state index contributed by atoms with van der Waals surface area (Å²) in [6.45, 7) is 2.61. The van der Waals surface area contributed by atoms with Crippen molar-refractivity contribution in [2.45, 2.75) is 19.4 Å². The molecule has 0 aliphatic heterocycles. The average molecular weight is 215 g/mol. The third kappa shape index (κ3) is 2.52. The summed E-state index contributed by atoms with van der Waals surface area (Å²) in [7, 11) is 0. The number of fused-ring (bicyclic) bond motifs is 1. The molecule has 2 aromatic rings. The van der Waals surface area contributed by atoms with E-state index in [4.69, 9.17) is 0 Å². The fourth-order valence-corrected chi connectivity index (χ4v) is 1.80. The number of hydrogen-bond donors (Lipinski definition) is 2. The molecule has 0 fully saturated rings. The minimum atomic E-state index is -0.248. The number of benzene rings is 2. The third-order valence-electron chi connectivity index (χ3n) is 2.67. The summed E-state index contributed by atoms with van der Waals surface area (Å²) >= 11 is 0. The Kier molecular flexibility index (Phi) is 3.42. The van der Waals surface area contributed by atoms with E-state index in [1.807, 2.05) is 25.1 Å². The van der Waals surface area contributed by atoms with Crippen LogP contribution in [0.25, 0.3) is 10.8 Å². The van der Waals surface area contributed by atoms with Crippen molar-refractivity contribution in [2.24, 2.45) is 0 Å². The van der Waals surface area contributed by atoms with Crippen LogP contribution in [0.4, 0.5) is 5.69 Å². The second-order valence-corrected chi connectivity index (χ2v) is 4.09. The molecular weight excluding hydrogens is 198 g/mol. The molecule has 16 heavy (non-hydrogen) atoms. The maximum absolute atomic E-state index is 9.20. The molecule has 2 heteroatoms. The van der Waals surface area contributed by atoms with Gasteiger partial charge in [-0.25, -0.2) is 0 Å². The molecule has 0 saturated carbocycles. The summed E-state index contributed by atoms with van der Waals surface area (Å²) in [5, 5.41) is 15.0. The Balaban J connectivity index is 2.17. The van der Waals surface area contributed by atoms with Crippen LogP contribution in [-0.2, 0) is 0 Å². The number of hydrogen-bond acceptors (Lipinski definition) is 2. The lowest BCUT2D eigenvalue weighted by Gasteiger charge is -2.10. The fraction of sp³-hybridized carbons (Fsp3) is 0.286. The summed E-state index contributed by atoms with van der Waals surface area (Å²) in [6.07, 6.45) is 0.519. The van der Waals surface area contributed by atoms with Crippen molar-refractivity contribution in [3.05, 3.63) is 42.5 Å². The van der Waals surface area contributed by atoms with Gasteiger partial charge in [0.05, 0.1) is 6.10 Å². The van der Waals surface area contributed by atoms with E-state index >= 15 is 0 Å². The van der Waals surface area contributed by atoms with Gasteiger partial charge in [0.2, 0.25) is 0 Å². The highest BCUT2D eigenvalue weighted by atomic mass is 16.3. The second kappa shape index (κ2) is 4.99. The molecule has 2 N–H and O–H groups in total. The molecule has 0 amide bonds. The maximum atomic E-state index is 9.20. The molecule has 0 heterocycles. The Hall–Kier alpha value is -1.54. The molecule has 0 aliphatic rings. The monoisotopic (exact) mass is 215 g/mol. The van der Waals surface area contributed by atoms with Crippen LogP contribution < -0.4 is 5.32 Å². The van der Waals surface area contributed by atoms with Crippen molar-refractivity contribution in [3.8, 4) is 0 Å². The van der Waals surface area contributed by atoms with Gasteiger partial charge in [-0.2, -0.15) is 0 Å². The van der Waals surface area contributed by atoms with E-state index in [-0.39, 0.29) is 6.10 Å². The molecule has 2 aromatic carbocycles. The highest BCUT2D eigenvalue weighted by Crippen LogP contribution is 2.22. The molecule has 0 saturated heterocycles. The number of rotatable bonds is 4. The zero-order valence-corrected chi connectivity index (χ0v) is 9.48. The van der Waals surface area contributed by atoms with Crippen LogP contribution in [0.1, 0.15) is 13.3 Å². The van der Waals surface area contributed by atoms with Gasteiger partial charge < -0.3 is 10.4 Å². The number of aliphatic hydroxyl groups excluding tert-OH is 1. The van der Waals surface area contributed by atoms with Crippen LogP contribution in [0.5, 0.6) is 0 Å². The van der Waals surface area contributed by atoms with Crippen LogP contribution in [0.15, 0.2) is 42.5 Å². The van der Waals surface area contributed by atoms with Crippen LogP contribution in [-0.4, -0.2) is 17.8 Å². The largest absolute Gasteiger partial charge is 0.393 e. The standard InChI is InChI=1S/C14H17NO/c1-11(16)9-10-15-14-8-4-6-12-5-2-3-7-13(12)14/h2-8,11,15-16H,9-10H2,1H3. The molecule has 0 bridgehead atoms. The molecule has 0 aliphatic carbocycles. The highest BCUT2D eigenvalue weighted by molar-refractivity contribution is 5.93. The van der Waals surface area contributed by atoms with E-state index in [0.29, 0.717) is 0 Å². The first-order valence-electron chi connectivity index (χ1n) is 5.67. The van der Waals surface area contributed by atoms with Crippen molar-refractivity contribution in [2.75, 3.05) is 11.9 Å². The lowest BCUT2D eigenvalue weighted by Crippen LogP contribution is -2.09. The van der Waals surface area contributed by atoms with Crippen molar-refractivity contribution < 1.29 is 5.11 Å². The topological polar surface area (TPSA) is 32.3 Å². The molecular formula is C14H17NO. The van der Waals surface area contributed by atoms with Crippen molar-refractivity contribution >= 4 is 16.5 Å². The first-order chi connectivity index (χ1) is 7.77. The van der Waals surface area contributed by atoms with Gasteiger partial charge >= 0.3 is 0 Å². The van der Waals surface area contributed by atoms with Gasteiger partial charge in [0.1, 0.15) is 0 Å². The van der Waals surface area contributed by atoms with Gasteiger partial charge in [-0.1, -0.05) is 36.4 Å². The van der Waals surface area contributed by atoms with Gasteiger partial charge in [-0.15, -0.1) is 0 Å². The number of anilines is 1. The number of aliphatic hydroxyl groups is 1. The van der Waals surface area contributed by atoms with Crippen LogP contribution in [0.2, 0.25) is 0 Å². The molecule has 84 valence electrons. The minimum absolute atomic E-state index is 0.248. The molecule has 0 spiro atoms. The Morgan fingerprint density at radius 1 is 1.12 bits per heavy atom. The summed E-state index contributed by atoms with van der Waals surface area (Å²) in [5.74, 6) is 0. The SMILES string of the molecule is CC(O)CCNc1cccc2ccccc12. The Labute approximate surface area is 95.9 Å². The van der Waals surface area contributed by atoms with E-state index in [9.17, 15) is 5.11 Å². The van der Waals surface area contributed by atoms with Gasteiger partial charge in [-0.05, 0) is 24.8 Å². The van der Waals surface area contributed by atoms with E-state index in [1.54, 1.807) is 0 Å². The van der Waals surface area contributed by atoms with Gasteiger partial charge in [0.25, 0.3) is 0 Å². The molecule has 0 aromatic heterocycles. The van der Waals surface area contributed by atoms with Crippen LogP contribution >= 0.6 is 0 Å². The average Bonchev–Trinajstić information content (AvgIpc) is 2.29. The fourth-order valence-electron chi connectivity index (χ4n) is 1.80. The lowest BCUT2D eigenvalue weighted by atomic mass is 10.1. The Morgan fingerprint density at radius 2 is 1.88 bits per heavy atom. The molecule has 2 nitrogen and oxygen atoms in total. The summed E-state index contributed by atoms with van der Waals surface area (Å²) in [5.41, 5.74) is 1.14. The zero-order valence-electron chi connectivity index (χ0n) is 9.48. The molecule has 1 atom stereocenters. The normalized spacial score (nSPS) is 12.6. The summed E-state index contributed by atoms with van der Waals surface area (Å²) in [6, 6.07) is 14.5. The van der Waals surface area contributed by atoms with Crippen LogP contribution in [0, 0.1) is 0 Å². The van der Waals surface area contributed by atoms with Crippen molar-refractivity contribution in [1.29, 1.82) is 0 Å². The first-order valence-corrected chi connectivity index (χ1v) is 5.67. The smallest absolute Gasteiger partial charge is 0.0528 e. The predicted molar refractivity (Wildman–Crippen MR) is 68.7 cm³/mol. The van der Waals surface area contributed by atoms with Gasteiger partial charge in [0, 0.05) is 17.6 Å². The third-order valence-corrected chi connectivity index (χ3v) is 2.67. The van der Waals surface area contributed by atoms with Gasteiger partial charge in [0.15, 0.2) is 0 Å². The van der Waals surface area contributed by atoms with Crippen molar-refractivity contribution in [1.82, 2.24) is 0 Å². The predicted octanol–water partition coefficient (Wildman–Crippen LogP) is 3.02. The molecule has 1 unspecified atom stereocenters. The van der Waals surface area contributed by atoms with E-state index in [2.05, 4.69) is 29.6 Å². The van der Waals surface area contributed by atoms with E-state index in [0.717, 1.165) is 18.7 Å². The lowest BCUT2D eigenvalue weighted by molar-refractivity contribution is 0.189. The Bertz CT molecular complexity index is 460. The maximum Gasteiger partial charge on any atom is 0.0528 e. The summed E-state index contributed by atoms with van der Waals surface area (Å²) < 4.78 is 0. The zero-order chi connectivity index (χ0) is 11.4. The quantitative estimate of drug-likeness (QED) is 0.821. The highest BCUT2D eigenvalue weighted by Gasteiger charge is 2.00. The van der Waals surface area contributed by atoms with E-state index < -0.39 is 0 Å². The minimum Gasteiger partial charge on any atom is -0.393 e. The first kappa shape index (κ1) is 11.0. The molecule has 2 rings (SSSR count). The van der Waals surface area contributed by atoms with Crippen LogP contribution in [0.3, 0.4) is 0 Å². The van der Waals surface area contributed by atoms with Gasteiger partial charge in [-0.3, -0.25) is 0 Å². The number of nitrogens with one attached hydrogen (secondary N) is 1. The summed E-state index contributed by atoms with van der Waals surface area (Å²) in [4.78, 5) is 0.